The average Bonchev–Trinajstić information content (AvgIpc) is 2.84. The van der Waals surface area contributed by atoms with Gasteiger partial charge < -0.3 is 14.2 Å². The molecule has 21 heavy (non-hydrogen) atoms. The van der Waals surface area contributed by atoms with E-state index in [-0.39, 0.29) is 11.9 Å². The molecule has 1 unspecified atom stereocenters. The first-order valence-electron chi connectivity index (χ1n) is 7.27. The third-order valence-electron chi connectivity index (χ3n) is 4.06. The van der Waals surface area contributed by atoms with Gasteiger partial charge in [-0.1, -0.05) is 12.1 Å². The fraction of sp³-hybridized carbons (Fsp3) is 0.353. The van der Waals surface area contributed by atoms with Gasteiger partial charge in [0.15, 0.2) is 0 Å². The van der Waals surface area contributed by atoms with E-state index in [1.54, 1.807) is 0 Å². The fourth-order valence-corrected chi connectivity index (χ4v) is 3.03. The molecule has 0 aliphatic carbocycles. The molecule has 0 saturated heterocycles. The van der Waals surface area contributed by atoms with Crippen LogP contribution in [0.3, 0.4) is 0 Å². The maximum atomic E-state index is 12.9. The molecule has 0 saturated carbocycles. The summed E-state index contributed by atoms with van der Waals surface area (Å²) in [5, 5.41) is 0. The summed E-state index contributed by atoms with van der Waals surface area (Å²) in [7, 11) is 0. The van der Waals surface area contributed by atoms with Crippen molar-refractivity contribution in [3.63, 3.8) is 0 Å². The highest BCUT2D eigenvalue weighted by molar-refractivity contribution is 5.97. The summed E-state index contributed by atoms with van der Waals surface area (Å²) in [4.78, 5) is 14.7. The van der Waals surface area contributed by atoms with E-state index in [1.165, 1.54) is 0 Å². The zero-order valence-corrected chi connectivity index (χ0v) is 12.7. The fourth-order valence-electron chi connectivity index (χ4n) is 3.03. The van der Waals surface area contributed by atoms with Crippen LogP contribution < -0.4 is 9.64 Å². The molecule has 0 N–H and O–H groups in total. The second kappa shape index (κ2) is 5.28. The molecule has 110 valence electrons. The number of rotatable bonds is 2. The molecule has 1 amide bonds. The van der Waals surface area contributed by atoms with Crippen molar-refractivity contribution in [3.8, 4) is 5.75 Å². The molecule has 4 heteroatoms. The Balaban J connectivity index is 1.93. The summed E-state index contributed by atoms with van der Waals surface area (Å²) < 4.78 is 7.70. The summed E-state index contributed by atoms with van der Waals surface area (Å²) in [6.45, 7) is 7.16. The predicted molar refractivity (Wildman–Crippen MR) is 82.9 cm³/mol. The first-order valence-corrected chi connectivity index (χ1v) is 7.27. The summed E-state index contributed by atoms with van der Waals surface area (Å²) in [5.41, 5.74) is 3.08. The van der Waals surface area contributed by atoms with Crippen molar-refractivity contribution in [2.75, 3.05) is 18.1 Å². The zero-order valence-electron chi connectivity index (χ0n) is 12.7. The summed E-state index contributed by atoms with van der Waals surface area (Å²) in [6, 6.07) is 11.6. The van der Waals surface area contributed by atoms with Gasteiger partial charge in [0.1, 0.15) is 18.4 Å². The molecular formula is C17H20N2O2. The van der Waals surface area contributed by atoms with E-state index >= 15 is 0 Å². The summed E-state index contributed by atoms with van der Waals surface area (Å²) in [5.74, 6) is 0.887. The van der Waals surface area contributed by atoms with Crippen LogP contribution in [0.2, 0.25) is 0 Å². The number of anilines is 1. The first-order chi connectivity index (χ1) is 10.1. The standard InChI is InChI=1S/C17H20N2O2/c1-12-8-9-13(2)19(12)14(3)17(20)18-10-11-21-16-7-5-4-6-15(16)18/h4-9,14H,10-11H2,1-3H3. The van der Waals surface area contributed by atoms with Crippen molar-refractivity contribution in [1.29, 1.82) is 0 Å². The molecule has 1 aliphatic rings. The van der Waals surface area contributed by atoms with Crippen molar-refractivity contribution in [3.05, 3.63) is 47.8 Å². The number of amides is 1. The van der Waals surface area contributed by atoms with Crippen LogP contribution in [0.4, 0.5) is 5.69 Å². The van der Waals surface area contributed by atoms with Crippen LogP contribution in [0, 0.1) is 13.8 Å². The summed E-state index contributed by atoms with van der Waals surface area (Å²) in [6.07, 6.45) is 0. The van der Waals surface area contributed by atoms with Gasteiger partial charge in [0.25, 0.3) is 0 Å². The molecule has 4 nitrogen and oxygen atoms in total. The summed E-state index contributed by atoms with van der Waals surface area (Å²) >= 11 is 0. The highest BCUT2D eigenvalue weighted by Crippen LogP contribution is 2.32. The Morgan fingerprint density at radius 3 is 2.52 bits per heavy atom. The van der Waals surface area contributed by atoms with Crippen molar-refractivity contribution in [2.24, 2.45) is 0 Å². The SMILES string of the molecule is Cc1ccc(C)n1C(C)C(=O)N1CCOc2ccccc21. The predicted octanol–water partition coefficient (Wildman–Crippen LogP) is 3.09. The molecule has 1 aliphatic heterocycles. The van der Waals surface area contributed by atoms with Crippen LogP contribution in [0.15, 0.2) is 36.4 Å². The van der Waals surface area contributed by atoms with E-state index < -0.39 is 0 Å². The Bertz CT molecular complexity index is 656. The number of carbonyl (C=O) groups is 1. The van der Waals surface area contributed by atoms with Gasteiger partial charge in [0, 0.05) is 11.4 Å². The third kappa shape index (κ3) is 2.31. The number of ether oxygens (including phenoxy) is 1. The van der Waals surface area contributed by atoms with Gasteiger partial charge in [-0.2, -0.15) is 0 Å². The van der Waals surface area contributed by atoms with Gasteiger partial charge >= 0.3 is 0 Å². The first kappa shape index (κ1) is 13.7. The van der Waals surface area contributed by atoms with Crippen molar-refractivity contribution >= 4 is 11.6 Å². The lowest BCUT2D eigenvalue weighted by atomic mass is 10.2. The zero-order chi connectivity index (χ0) is 15.0. The van der Waals surface area contributed by atoms with Crippen LogP contribution in [-0.4, -0.2) is 23.6 Å². The average molecular weight is 284 g/mol. The molecule has 1 aromatic carbocycles. The number of benzene rings is 1. The molecule has 0 radical (unpaired) electrons. The topological polar surface area (TPSA) is 34.5 Å². The lowest BCUT2D eigenvalue weighted by Crippen LogP contribution is -2.41. The number of carbonyl (C=O) groups excluding carboxylic acids is 1. The van der Waals surface area contributed by atoms with Gasteiger partial charge in [-0.25, -0.2) is 0 Å². The van der Waals surface area contributed by atoms with Crippen LogP contribution >= 0.6 is 0 Å². The monoisotopic (exact) mass is 284 g/mol. The Morgan fingerprint density at radius 1 is 1.14 bits per heavy atom. The van der Waals surface area contributed by atoms with E-state index in [1.807, 2.05) is 62.1 Å². The van der Waals surface area contributed by atoms with E-state index in [2.05, 4.69) is 4.57 Å². The number of para-hydroxylation sites is 2. The van der Waals surface area contributed by atoms with Crippen LogP contribution in [0.5, 0.6) is 5.75 Å². The molecule has 0 spiro atoms. The molecular weight excluding hydrogens is 264 g/mol. The molecule has 0 bridgehead atoms. The van der Waals surface area contributed by atoms with Crippen molar-refractivity contribution in [1.82, 2.24) is 4.57 Å². The van der Waals surface area contributed by atoms with E-state index in [9.17, 15) is 4.79 Å². The molecule has 0 fully saturated rings. The molecule has 1 aromatic heterocycles. The van der Waals surface area contributed by atoms with Gasteiger partial charge in [-0.15, -0.1) is 0 Å². The number of aromatic nitrogens is 1. The van der Waals surface area contributed by atoms with Gasteiger partial charge in [0.05, 0.1) is 12.2 Å². The largest absolute Gasteiger partial charge is 0.490 e. The Kier molecular flexibility index (Phi) is 3.45. The van der Waals surface area contributed by atoms with Gasteiger partial charge in [-0.05, 0) is 45.0 Å². The van der Waals surface area contributed by atoms with Gasteiger partial charge in [0.2, 0.25) is 5.91 Å². The number of hydrogen-bond acceptors (Lipinski definition) is 2. The second-order valence-electron chi connectivity index (χ2n) is 5.47. The quantitative estimate of drug-likeness (QED) is 0.849. The van der Waals surface area contributed by atoms with Crippen LogP contribution in [0.1, 0.15) is 24.4 Å². The van der Waals surface area contributed by atoms with Gasteiger partial charge in [-0.3, -0.25) is 4.79 Å². The number of fused-ring (bicyclic) bond motifs is 1. The Labute approximate surface area is 124 Å². The Hall–Kier alpha value is -2.23. The van der Waals surface area contributed by atoms with E-state index in [0.717, 1.165) is 22.8 Å². The van der Waals surface area contributed by atoms with E-state index in [0.29, 0.717) is 13.2 Å². The normalized spacial score (nSPS) is 15.3. The molecule has 1 atom stereocenters. The number of aryl methyl sites for hydroxylation is 2. The molecule has 3 rings (SSSR count). The number of nitrogens with zero attached hydrogens (tertiary/aromatic N) is 2. The van der Waals surface area contributed by atoms with Crippen molar-refractivity contribution in [2.45, 2.75) is 26.8 Å². The lowest BCUT2D eigenvalue weighted by Gasteiger charge is -2.32. The lowest BCUT2D eigenvalue weighted by molar-refractivity contribution is -0.121. The minimum Gasteiger partial charge on any atom is -0.490 e. The molecule has 2 heterocycles. The van der Waals surface area contributed by atoms with E-state index in [4.69, 9.17) is 4.74 Å². The second-order valence-corrected chi connectivity index (χ2v) is 5.47. The minimum atomic E-state index is -0.217. The number of hydrogen-bond donors (Lipinski definition) is 0. The highest BCUT2D eigenvalue weighted by atomic mass is 16.5. The smallest absolute Gasteiger partial charge is 0.249 e. The van der Waals surface area contributed by atoms with Crippen LogP contribution in [-0.2, 0) is 4.79 Å². The van der Waals surface area contributed by atoms with Crippen LogP contribution in [0.25, 0.3) is 0 Å². The van der Waals surface area contributed by atoms with Crippen molar-refractivity contribution < 1.29 is 9.53 Å². The Morgan fingerprint density at radius 2 is 1.81 bits per heavy atom. The minimum absolute atomic E-state index is 0.105. The highest BCUT2D eigenvalue weighted by Gasteiger charge is 2.28. The molecule has 2 aromatic rings. The maximum absolute atomic E-state index is 12.9. The maximum Gasteiger partial charge on any atom is 0.249 e. The third-order valence-corrected chi connectivity index (χ3v) is 4.06.